The van der Waals surface area contributed by atoms with E-state index in [4.69, 9.17) is 25.9 Å². The molecule has 3 aromatic carbocycles. The van der Waals surface area contributed by atoms with Crippen molar-refractivity contribution in [2.24, 2.45) is 0 Å². The number of fused-ring (bicyclic) bond motifs is 1. The lowest BCUT2D eigenvalue weighted by atomic mass is 9.93. The minimum Gasteiger partial charge on any atom is -0.497 e. The molecule has 1 N–H and O–H groups in total. The lowest BCUT2D eigenvalue weighted by Crippen LogP contribution is -2.14. The molecule has 2 heterocycles. The van der Waals surface area contributed by atoms with Crippen molar-refractivity contribution in [2.75, 3.05) is 7.11 Å². The summed E-state index contributed by atoms with van der Waals surface area (Å²) >= 11 is 6.51. The third-order valence-corrected chi connectivity index (χ3v) is 6.15. The number of aromatic nitrogens is 2. The molecule has 0 amide bonds. The number of para-hydroxylation sites is 1. The Bertz CT molecular complexity index is 1470. The van der Waals surface area contributed by atoms with Gasteiger partial charge in [0.25, 0.3) is 0 Å². The third-order valence-electron chi connectivity index (χ3n) is 5.82. The van der Waals surface area contributed by atoms with Crippen molar-refractivity contribution in [3.05, 3.63) is 101 Å². The highest BCUT2D eigenvalue weighted by Crippen LogP contribution is 2.34. The van der Waals surface area contributed by atoms with Crippen LogP contribution in [0.4, 0.5) is 0 Å². The summed E-state index contributed by atoms with van der Waals surface area (Å²) in [5.41, 5.74) is 4.29. The van der Waals surface area contributed by atoms with Crippen LogP contribution >= 0.6 is 11.6 Å². The van der Waals surface area contributed by atoms with Crippen molar-refractivity contribution in [3.8, 4) is 22.7 Å². The number of hydrogen-bond acceptors (Lipinski definition) is 4. The molecule has 0 fully saturated rings. The van der Waals surface area contributed by atoms with Crippen molar-refractivity contribution < 1.29 is 19.1 Å². The van der Waals surface area contributed by atoms with Gasteiger partial charge in [-0.25, -0.2) is 4.68 Å². The van der Waals surface area contributed by atoms with Crippen LogP contribution in [0.5, 0.6) is 5.75 Å². The molecular formula is C27H21ClN2O4. The first kappa shape index (κ1) is 21.8. The average molecular weight is 473 g/mol. The largest absolute Gasteiger partial charge is 0.497 e. The van der Waals surface area contributed by atoms with Crippen molar-refractivity contribution in [3.63, 3.8) is 0 Å². The minimum absolute atomic E-state index is 0.194. The van der Waals surface area contributed by atoms with E-state index in [1.807, 2.05) is 78.9 Å². The smallest absolute Gasteiger partial charge is 0.311 e. The van der Waals surface area contributed by atoms with E-state index >= 15 is 0 Å². The summed E-state index contributed by atoms with van der Waals surface area (Å²) in [5.74, 6) is -1.03. The molecule has 0 aliphatic carbocycles. The van der Waals surface area contributed by atoms with Crippen LogP contribution in [-0.2, 0) is 11.2 Å². The van der Waals surface area contributed by atoms with Crippen LogP contribution in [0, 0.1) is 0 Å². The van der Waals surface area contributed by atoms with Gasteiger partial charge in [-0.2, -0.15) is 5.10 Å². The second-order valence-corrected chi connectivity index (χ2v) is 8.30. The maximum atomic E-state index is 12.3. The first-order valence-electron chi connectivity index (χ1n) is 10.7. The van der Waals surface area contributed by atoms with Gasteiger partial charge < -0.3 is 14.3 Å². The Morgan fingerprint density at radius 1 is 1.09 bits per heavy atom. The van der Waals surface area contributed by atoms with Crippen LogP contribution in [0.15, 0.2) is 89.5 Å². The van der Waals surface area contributed by atoms with Crippen LogP contribution in [0.2, 0.25) is 5.02 Å². The molecule has 1 unspecified atom stereocenters. The second kappa shape index (κ2) is 9.08. The maximum absolute atomic E-state index is 12.3. The molecule has 0 saturated carbocycles. The molecule has 0 bridgehead atoms. The first-order valence-corrected chi connectivity index (χ1v) is 11.1. The highest BCUT2D eigenvalue weighted by atomic mass is 35.5. The van der Waals surface area contributed by atoms with Crippen molar-refractivity contribution in [1.29, 1.82) is 0 Å². The molecule has 6 nitrogen and oxygen atoms in total. The number of nitrogens with zero attached hydrogens (tertiary/aromatic N) is 2. The molecule has 0 saturated heterocycles. The fourth-order valence-corrected chi connectivity index (χ4v) is 4.35. The van der Waals surface area contributed by atoms with Crippen molar-refractivity contribution in [1.82, 2.24) is 9.78 Å². The minimum atomic E-state index is -0.940. The number of hydrogen-bond donors (Lipinski definition) is 1. The summed E-state index contributed by atoms with van der Waals surface area (Å²) in [6.07, 6.45) is 1.72. The Balaban J connectivity index is 1.60. The summed E-state index contributed by atoms with van der Waals surface area (Å²) in [5, 5.41) is 16.2. The van der Waals surface area contributed by atoms with E-state index in [1.54, 1.807) is 11.8 Å². The Morgan fingerprint density at radius 2 is 1.82 bits per heavy atom. The lowest BCUT2D eigenvalue weighted by Gasteiger charge is -2.10. The summed E-state index contributed by atoms with van der Waals surface area (Å²) in [6, 6.07) is 24.3. The van der Waals surface area contributed by atoms with Gasteiger partial charge in [-0.15, -0.1) is 0 Å². The van der Waals surface area contributed by atoms with Crippen LogP contribution in [0.1, 0.15) is 17.2 Å². The Hall–Kier alpha value is -4.03. The first-order chi connectivity index (χ1) is 16.5. The van der Waals surface area contributed by atoms with Gasteiger partial charge in [-0.1, -0.05) is 48.0 Å². The quantitative estimate of drug-likeness (QED) is 0.298. The zero-order valence-corrected chi connectivity index (χ0v) is 19.1. The van der Waals surface area contributed by atoms with Gasteiger partial charge in [0.15, 0.2) is 0 Å². The van der Waals surface area contributed by atoms with E-state index in [0.717, 1.165) is 28.1 Å². The number of rotatable bonds is 7. The van der Waals surface area contributed by atoms with E-state index in [9.17, 15) is 9.90 Å². The van der Waals surface area contributed by atoms with E-state index < -0.39 is 11.9 Å². The maximum Gasteiger partial charge on any atom is 0.311 e. The van der Waals surface area contributed by atoms with Crippen LogP contribution in [-0.4, -0.2) is 28.0 Å². The zero-order chi connectivity index (χ0) is 23.7. The molecule has 5 rings (SSSR count). The van der Waals surface area contributed by atoms with E-state index in [2.05, 4.69) is 0 Å². The molecule has 0 spiro atoms. The number of aliphatic carboxylic acids is 1. The fourth-order valence-electron chi connectivity index (χ4n) is 4.12. The molecule has 170 valence electrons. The van der Waals surface area contributed by atoms with E-state index in [-0.39, 0.29) is 6.42 Å². The number of ether oxygens (including phenoxy) is 1. The molecule has 34 heavy (non-hydrogen) atoms. The molecule has 0 aliphatic rings. The summed E-state index contributed by atoms with van der Waals surface area (Å²) in [6.45, 7) is 0. The predicted octanol–water partition coefficient (Wildman–Crippen LogP) is 6.36. The number of furan rings is 1. The fraction of sp³-hybridized carbons (Fsp3) is 0.111. The monoisotopic (exact) mass is 472 g/mol. The van der Waals surface area contributed by atoms with E-state index in [0.29, 0.717) is 21.9 Å². The van der Waals surface area contributed by atoms with Gasteiger partial charge in [0.1, 0.15) is 11.3 Å². The molecule has 1 atom stereocenters. The molecule has 7 heteroatoms. The number of carboxylic acid groups (broad SMARTS) is 1. The SMILES string of the molecule is COc1ccc(-n2nc(CC(C(=O)O)c3coc4ccccc34)cc2-c2ccccc2Cl)cc1. The van der Waals surface area contributed by atoms with Gasteiger partial charge in [-0.05, 0) is 42.5 Å². The molecular weight excluding hydrogens is 452 g/mol. The third kappa shape index (κ3) is 4.04. The summed E-state index contributed by atoms with van der Waals surface area (Å²) in [7, 11) is 1.61. The number of carboxylic acids is 1. The summed E-state index contributed by atoms with van der Waals surface area (Å²) < 4.78 is 12.7. The van der Waals surface area contributed by atoms with Gasteiger partial charge in [0.2, 0.25) is 0 Å². The van der Waals surface area contributed by atoms with E-state index in [1.165, 1.54) is 6.26 Å². The highest BCUT2D eigenvalue weighted by molar-refractivity contribution is 6.33. The molecule has 0 aliphatic heterocycles. The highest BCUT2D eigenvalue weighted by Gasteiger charge is 2.26. The van der Waals surface area contributed by atoms with Gasteiger partial charge in [0, 0.05) is 28.0 Å². The zero-order valence-electron chi connectivity index (χ0n) is 18.3. The van der Waals surface area contributed by atoms with Crippen LogP contribution in [0.3, 0.4) is 0 Å². The lowest BCUT2D eigenvalue weighted by molar-refractivity contribution is -0.138. The standard InChI is InChI=1S/C27H21ClN2O4/c1-33-19-12-10-18(11-13-19)30-25(21-7-2-4-8-24(21)28)15-17(29-30)14-22(27(31)32)23-16-34-26-9-5-3-6-20(23)26/h2-13,15-16,22H,14H2,1H3,(H,31,32). The summed E-state index contributed by atoms with van der Waals surface area (Å²) in [4.78, 5) is 12.3. The van der Waals surface area contributed by atoms with Gasteiger partial charge in [0.05, 0.1) is 36.4 Å². The normalized spacial score (nSPS) is 12.1. The van der Waals surface area contributed by atoms with Crippen LogP contribution in [0.25, 0.3) is 27.9 Å². The topological polar surface area (TPSA) is 77.5 Å². The number of methoxy groups -OCH3 is 1. The molecule has 5 aromatic rings. The number of halogens is 1. The Kier molecular flexibility index (Phi) is 5.82. The second-order valence-electron chi connectivity index (χ2n) is 7.89. The molecule has 0 radical (unpaired) electrons. The van der Waals surface area contributed by atoms with Gasteiger partial charge >= 0.3 is 5.97 Å². The van der Waals surface area contributed by atoms with Crippen molar-refractivity contribution in [2.45, 2.75) is 12.3 Å². The Morgan fingerprint density at radius 3 is 2.56 bits per heavy atom. The van der Waals surface area contributed by atoms with Gasteiger partial charge in [-0.3, -0.25) is 4.79 Å². The van der Waals surface area contributed by atoms with Crippen LogP contribution < -0.4 is 4.74 Å². The molecule has 2 aromatic heterocycles. The Labute approximate surface area is 201 Å². The van der Waals surface area contributed by atoms with Crippen molar-refractivity contribution >= 4 is 28.5 Å². The number of benzene rings is 3. The average Bonchev–Trinajstić information content (AvgIpc) is 3.47. The predicted molar refractivity (Wildman–Crippen MR) is 131 cm³/mol. The number of carbonyl (C=O) groups is 1.